The summed E-state index contributed by atoms with van der Waals surface area (Å²) >= 11 is 0. The lowest BCUT2D eigenvalue weighted by molar-refractivity contribution is -0.274. The number of ether oxygens (including phenoxy) is 1. The Labute approximate surface area is 110 Å². The van der Waals surface area contributed by atoms with Crippen molar-refractivity contribution in [2.45, 2.75) is 26.8 Å². The standard InChI is InChI=1S/C13H18F3NO2/c1-12(2,9-18)8-17-7-10-5-3-4-6-11(10)19-13(14,15)16/h3-6,17-18H,7-9H2,1-2H3. The van der Waals surface area contributed by atoms with Crippen molar-refractivity contribution in [2.75, 3.05) is 13.2 Å². The summed E-state index contributed by atoms with van der Waals surface area (Å²) in [6.45, 7) is 4.45. The van der Waals surface area contributed by atoms with Crippen molar-refractivity contribution in [3.05, 3.63) is 29.8 Å². The van der Waals surface area contributed by atoms with Crippen LogP contribution in [0.5, 0.6) is 5.75 Å². The van der Waals surface area contributed by atoms with E-state index in [1.54, 1.807) is 12.1 Å². The number of para-hydroxylation sites is 1. The molecule has 0 radical (unpaired) electrons. The molecule has 3 nitrogen and oxygen atoms in total. The van der Waals surface area contributed by atoms with Crippen molar-refractivity contribution >= 4 is 0 Å². The fourth-order valence-corrected chi connectivity index (χ4v) is 1.47. The fourth-order valence-electron chi connectivity index (χ4n) is 1.47. The van der Waals surface area contributed by atoms with Crippen molar-refractivity contribution in [2.24, 2.45) is 5.41 Å². The maximum absolute atomic E-state index is 12.2. The average molecular weight is 277 g/mol. The molecule has 0 atom stereocenters. The molecule has 0 bridgehead atoms. The highest BCUT2D eigenvalue weighted by Crippen LogP contribution is 2.26. The Kier molecular flexibility index (Phi) is 5.20. The van der Waals surface area contributed by atoms with Gasteiger partial charge in [-0.2, -0.15) is 0 Å². The number of alkyl halides is 3. The summed E-state index contributed by atoms with van der Waals surface area (Å²) in [5, 5.41) is 12.1. The minimum atomic E-state index is -4.69. The maximum atomic E-state index is 12.2. The third-order valence-corrected chi connectivity index (χ3v) is 2.55. The maximum Gasteiger partial charge on any atom is 0.573 e. The summed E-state index contributed by atoms with van der Waals surface area (Å²) in [5.41, 5.74) is 0.105. The van der Waals surface area contributed by atoms with E-state index in [9.17, 15) is 13.2 Å². The van der Waals surface area contributed by atoms with E-state index >= 15 is 0 Å². The highest BCUT2D eigenvalue weighted by molar-refractivity contribution is 5.33. The zero-order valence-electron chi connectivity index (χ0n) is 10.9. The first-order valence-electron chi connectivity index (χ1n) is 5.89. The Morgan fingerprint density at radius 2 is 1.84 bits per heavy atom. The molecule has 19 heavy (non-hydrogen) atoms. The molecule has 1 aromatic carbocycles. The number of hydrogen-bond donors (Lipinski definition) is 2. The van der Waals surface area contributed by atoms with Gasteiger partial charge < -0.3 is 15.2 Å². The molecule has 0 aromatic heterocycles. The van der Waals surface area contributed by atoms with Gasteiger partial charge in [-0.05, 0) is 6.07 Å². The number of nitrogens with one attached hydrogen (secondary N) is 1. The van der Waals surface area contributed by atoms with Gasteiger partial charge in [-0.3, -0.25) is 0 Å². The second-order valence-electron chi connectivity index (χ2n) is 5.08. The third kappa shape index (κ3) is 5.94. The van der Waals surface area contributed by atoms with E-state index in [2.05, 4.69) is 10.1 Å². The van der Waals surface area contributed by atoms with Crippen molar-refractivity contribution < 1.29 is 23.0 Å². The highest BCUT2D eigenvalue weighted by Gasteiger charge is 2.31. The van der Waals surface area contributed by atoms with Crippen molar-refractivity contribution in [3.8, 4) is 5.75 Å². The van der Waals surface area contributed by atoms with Crippen LogP contribution < -0.4 is 10.1 Å². The normalized spacial score (nSPS) is 12.5. The van der Waals surface area contributed by atoms with Crippen LogP contribution in [-0.4, -0.2) is 24.6 Å². The second-order valence-corrected chi connectivity index (χ2v) is 5.08. The van der Waals surface area contributed by atoms with Crippen LogP contribution in [0.15, 0.2) is 24.3 Å². The van der Waals surface area contributed by atoms with Crippen LogP contribution in [0.3, 0.4) is 0 Å². The van der Waals surface area contributed by atoms with E-state index in [1.807, 2.05) is 13.8 Å². The smallest absolute Gasteiger partial charge is 0.405 e. The van der Waals surface area contributed by atoms with E-state index in [-0.39, 0.29) is 24.3 Å². The van der Waals surface area contributed by atoms with Crippen LogP contribution in [-0.2, 0) is 6.54 Å². The van der Waals surface area contributed by atoms with Gasteiger partial charge in [0.25, 0.3) is 0 Å². The predicted octanol–water partition coefficient (Wildman–Crippen LogP) is 2.69. The first-order chi connectivity index (χ1) is 8.73. The molecule has 0 aliphatic rings. The van der Waals surface area contributed by atoms with Gasteiger partial charge in [0.15, 0.2) is 0 Å². The Bertz CT molecular complexity index is 405. The Morgan fingerprint density at radius 3 is 2.42 bits per heavy atom. The average Bonchev–Trinajstić information content (AvgIpc) is 2.29. The molecule has 0 fully saturated rings. The Balaban J connectivity index is 2.63. The highest BCUT2D eigenvalue weighted by atomic mass is 19.4. The Hall–Kier alpha value is -1.27. The summed E-state index contributed by atoms with van der Waals surface area (Å²) < 4.78 is 40.6. The quantitative estimate of drug-likeness (QED) is 0.840. The third-order valence-electron chi connectivity index (χ3n) is 2.55. The largest absolute Gasteiger partial charge is 0.573 e. The first-order valence-corrected chi connectivity index (χ1v) is 5.89. The molecule has 0 heterocycles. The van der Waals surface area contributed by atoms with E-state index in [0.29, 0.717) is 12.1 Å². The van der Waals surface area contributed by atoms with Gasteiger partial charge in [-0.15, -0.1) is 13.2 Å². The van der Waals surface area contributed by atoms with E-state index in [0.717, 1.165) is 0 Å². The van der Waals surface area contributed by atoms with Gasteiger partial charge in [-0.25, -0.2) is 0 Å². The molecule has 0 saturated carbocycles. The van der Waals surface area contributed by atoms with Gasteiger partial charge >= 0.3 is 6.36 Å². The zero-order valence-corrected chi connectivity index (χ0v) is 10.9. The Morgan fingerprint density at radius 1 is 1.21 bits per heavy atom. The molecule has 0 aliphatic carbocycles. The van der Waals surface area contributed by atoms with Crippen molar-refractivity contribution in [1.82, 2.24) is 5.32 Å². The summed E-state index contributed by atoms with van der Waals surface area (Å²) in [7, 11) is 0. The van der Waals surface area contributed by atoms with Crippen LogP contribution in [0.2, 0.25) is 0 Å². The van der Waals surface area contributed by atoms with Gasteiger partial charge in [0, 0.05) is 30.7 Å². The lowest BCUT2D eigenvalue weighted by Gasteiger charge is -2.22. The lowest BCUT2D eigenvalue weighted by atomic mass is 9.95. The zero-order chi connectivity index (χ0) is 14.5. The fraction of sp³-hybridized carbons (Fsp3) is 0.538. The van der Waals surface area contributed by atoms with E-state index < -0.39 is 6.36 Å². The number of halogens is 3. The molecule has 2 N–H and O–H groups in total. The molecule has 0 aliphatic heterocycles. The van der Waals surface area contributed by atoms with Gasteiger partial charge in [-0.1, -0.05) is 32.0 Å². The van der Waals surface area contributed by atoms with Crippen LogP contribution in [0.25, 0.3) is 0 Å². The molecule has 0 saturated heterocycles. The van der Waals surface area contributed by atoms with Crippen LogP contribution in [0.1, 0.15) is 19.4 Å². The van der Waals surface area contributed by atoms with Crippen LogP contribution in [0.4, 0.5) is 13.2 Å². The minimum Gasteiger partial charge on any atom is -0.405 e. The predicted molar refractivity (Wildman–Crippen MR) is 65.7 cm³/mol. The van der Waals surface area contributed by atoms with Gasteiger partial charge in [0.05, 0.1) is 0 Å². The number of benzene rings is 1. The number of hydrogen-bond acceptors (Lipinski definition) is 3. The van der Waals surface area contributed by atoms with Gasteiger partial charge in [0.2, 0.25) is 0 Å². The molecule has 1 rings (SSSR count). The molecule has 0 spiro atoms. The monoisotopic (exact) mass is 277 g/mol. The molecule has 6 heteroatoms. The van der Waals surface area contributed by atoms with E-state index in [1.165, 1.54) is 12.1 Å². The summed E-state index contributed by atoms with van der Waals surface area (Å²) in [4.78, 5) is 0. The number of aliphatic hydroxyl groups is 1. The molecular weight excluding hydrogens is 259 g/mol. The molecule has 0 unspecified atom stereocenters. The minimum absolute atomic E-state index is 0.000692. The second kappa shape index (κ2) is 6.25. The molecule has 1 aromatic rings. The topological polar surface area (TPSA) is 41.5 Å². The van der Waals surface area contributed by atoms with Crippen molar-refractivity contribution in [3.63, 3.8) is 0 Å². The van der Waals surface area contributed by atoms with Crippen LogP contribution in [0, 0.1) is 5.41 Å². The van der Waals surface area contributed by atoms with Crippen molar-refractivity contribution in [1.29, 1.82) is 0 Å². The van der Waals surface area contributed by atoms with Crippen LogP contribution >= 0.6 is 0 Å². The number of aliphatic hydroxyl groups excluding tert-OH is 1. The summed E-state index contributed by atoms with van der Waals surface area (Å²) in [6.07, 6.45) is -4.69. The summed E-state index contributed by atoms with van der Waals surface area (Å²) in [6, 6.07) is 5.99. The lowest BCUT2D eigenvalue weighted by Crippen LogP contribution is -2.32. The molecule has 0 amide bonds. The first kappa shape index (κ1) is 15.8. The SMILES string of the molecule is CC(C)(CO)CNCc1ccccc1OC(F)(F)F. The molecular formula is C13H18F3NO2. The van der Waals surface area contributed by atoms with E-state index in [4.69, 9.17) is 5.11 Å². The number of rotatable bonds is 6. The molecule has 108 valence electrons. The summed E-state index contributed by atoms with van der Waals surface area (Å²) in [5.74, 6) is -0.204. The van der Waals surface area contributed by atoms with Gasteiger partial charge in [0.1, 0.15) is 5.75 Å².